The quantitative estimate of drug-likeness (QED) is 0.718. The van der Waals surface area contributed by atoms with Crippen molar-refractivity contribution < 1.29 is 18.3 Å². The summed E-state index contributed by atoms with van der Waals surface area (Å²) in [5, 5.41) is 14.3. The topological polar surface area (TPSA) is 118 Å². The molecule has 0 unspecified atom stereocenters. The van der Waals surface area contributed by atoms with Crippen molar-refractivity contribution in [1.82, 2.24) is 23.6 Å². The molecule has 168 valence electrons. The van der Waals surface area contributed by atoms with Gasteiger partial charge >= 0.3 is 5.69 Å². The molecule has 10 nitrogen and oxygen atoms in total. The van der Waals surface area contributed by atoms with Crippen molar-refractivity contribution in [2.75, 3.05) is 26.2 Å². The number of nitrogens with zero attached hydrogens (tertiary/aromatic N) is 5. The van der Waals surface area contributed by atoms with E-state index in [1.54, 1.807) is 22.5 Å². The molecule has 0 spiro atoms. The lowest BCUT2D eigenvalue weighted by atomic mass is 10.2. The van der Waals surface area contributed by atoms with Gasteiger partial charge < -0.3 is 10.0 Å². The summed E-state index contributed by atoms with van der Waals surface area (Å²) in [6.07, 6.45) is 3.71. The van der Waals surface area contributed by atoms with Crippen molar-refractivity contribution >= 4 is 15.9 Å². The van der Waals surface area contributed by atoms with Gasteiger partial charge in [0.15, 0.2) is 0 Å². The molecule has 2 aliphatic rings. The SMILES string of the molecule is Cc1ccc(O)c(S(=O)(=O)N2CCN(C(=O)Cn3nc4n(c3=O)CCCCC4)CC2)c1. The maximum absolute atomic E-state index is 12.9. The van der Waals surface area contributed by atoms with Gasteiger partial charge in [-0.15, -0.1) is 0 Å². The number of aromatic hydroxyl groups is 1. The van der Waals surface area contributed by atoms with Crippen LogP contribution in [0.2, 0.25) is 0 Å². The van der Waals surface area contributed by atoms with Crippen molar-refractivity contribution in [2.24, 2.45) is 0 Å². The predicted molar refractivity (Wildman–Crippen MR) is 112 cm³/mol. The summed E-state index contributed by atoms with van der Waals surface area (Å²) in [4.78, 5) is 26.7. The number of hydrogen-bond donors (Lipinski definition) is 1. The Balaban J connectivity index is 1.42. The second-order valence-corrected chi connectivity index (χ2v) is 9.98. The third-order valence-corrected chi connectivity index (χ3v) is 7.82. The molecule has 31 heavy (non-hydrogen) atoms. The van der Waals surface area contributed by atoms with E-state index in [9.17, 15) is 23.1 Å². The summed E-state index contributed by atoms with van der Waals surface area (Å²) < 4.78 is 30.0. The summed E-state index contributed by atoms with van der Waals surface area (Å²) in [6, 6.07) is 4.45. The molecule has 0 bridgehead atoms. The number of sulfonamides is 1. The average molecular weight is 450 g/mol. The summed E-state index contributed by atoms with van der Waals surface area (Å²) in [5.74, 6) is 0.179. The zero-order valence-electron chi connectivity index (χ0n) is 17.5. The van der Waals surface area contributed by atoms with Gasteiger partial charge in [-0.3, -0.25) is 9.36 Å². The first kappa shape index (κ1) is 21.6. The number of benzene rings is 1. The highest BCUT2D eigenvalue weighted by atomic mass is 32.2. The molecule has 1 aromatic heterocycles. The molecule has 3 heterocycles. The highest BCUT2D eigenvalue weighted by molar-refractivity contribution is 7.89. The first-order chi connectivity index (χ1) is 14.8. The van der Waals surface area contributed by atoms with Crippen molar-refractivity contribution in [3.05, 3.63) is 40.1 Å². The summed E-state index contributed by atoms with van der Waals surface area (Å²) >= 11 is 0. The molecule has 2 aromatic rings. The lowest BCUT2D eigenvalue weighted by Crippen LogP contribution is -2.51. The zero-order chi connectivity index (χ0) is 22.2. The number of amides is 1. The van der Waals surface area contributed by atoms with E-state index in [4.69, 9.17) is 0 Å². The van der Waals surface area contributed by atoms with E-state index in [1.807, 2.05) is 0 Å². The van der Waals surface area contributed by atoms with Gasteiger partial charge in [-0.05, 0) is 37.5 Å². The third kappa shape index (κ3) is 4.24. The first-order valence-corrected chi connectivity index (χ1v) is 12.0. The lowest BCUT2D eigenvalue weighted by Gasteiger charge is -2.34. The van der Waals surface area contributed by atoms with Crippen LogP contribution in [0.25, 0.3) is 0 Å². The summed E-state index contributed by atoms with van der Waals surface area (Å²) in [7, 11) is -3.86. The number of carbonyl (C=O) groups is 1. The van der Waals surface area contributed by atoms with Crippen LogP contribution < -0.4 is 5.69 Å². The lowest BCUT2D eigenvalue weighted by molar-refractivity contribution is -0.133. The number of aromatic nitrogens is 3. The fraction of sp³-hybridized carbons (Fsp3) is 0.550. The van der Waals surface area contributed by atoms with E-state index in [-0.39, 0.29) is 55.0 Å². The van der Waals surface area contributed by atoms with Crippen LogP contribution in [0.15, 0.2) is 27.9 Å². The number of aryl methyl sites for hydroxylation is 2. The van der Waals surface area contributed by atoms with Crippen LogP contribution in [0.3, 0.4) is 0 Å². The van der Waals surface area contributed by atoms with Gasteiger partial charge in [0.25, 0.3) is 0 Å². The molecule has 11 heteroatoms. The zero-order valence-corrected chi connectivity index (χ0v) is 18.3. The van der Waals surface area contributed by atoms with Gasteiger partial charge in [-0.25, -0.2) is 17.9 Å². The van der Waals surface area contributed by atoms with Crippen molar-refractivity contribution in [2.45, 2.75) is 50.6 Å². The highest BCUT2D eigenvalue weighted by Crippen LogP contribution is 2.27. The Hall–Kier alpha value is -2.66. The fourth-order valence-electron chi connectivity index (χ4n) is 4.10. The third-order valence-electron chi connectivity index (χ3n) is 5.89. The molecule has 2 aliphatic heterocycles. The Labute approximate surface area is 180 Å². The molecule has 1 fully saturated rings. The smallest absolute Gasteiger partial charge is 0.346 e. The molecular formula is C20H27N5O5S. The van der Waals surface area contributed by atoms with Crippen LogP contribution >= 0.6 is 0 Å². The van der Waals surface area contributed by atoms with Crippen LogP contribution in [-0.4, -0.2) is 69.2 Å². The Morgan fingerprint density at radius 2 is 1.84 bits per heavy atom. The Bertz CT molecular complexity index is 1150. The molecule has 4 rings (SSSR count). The van der Waals surface area contributed by atoms with Gasteiger partial charge in [-0.1, -0.05) is 12.5 Å². The number of fused-ring (bicyclic) bond motifs is 1. The number of piperazine rings is 1. The summed E-state index contributed by atoms with van der Waals surface area (Å²) in [5.41, 5.74) is 0.468. The predicted octanol–water partition coefficient (Wildman–Crippen LogP) is 0.318. The van der Waals surface area contributed by atoms with E-state index >= 15 is 0 Å². The van der Waals surface area contributed by atoms with E-state index in [0.717, 1.165) is 37.1 Å². The minimum Gasteiger partial charge on any atom is -0.507 e. The van der Waals surface area contributed by atoms with E-state index < -0.39 is 10.0 Å². The van der Waals surface area contributed by atoms with Crippen LogP contribution in [-0.2, 0) is 34.3 Å². The number of phenolic OH excluding ortho intramolecular Hbond substituents is 1. The molecule has 0 saturated carbocycles. The normalized spacial score (nSPS) is 17.9. The minimum absolute atomic E-state index is 0.121. The maximum atomic E-state index is 12.9. The van der Waals surface area contributed by atoms with Gasteiger partial charge in [0.05, 0.1) is 0 Å². The first-order valence-electron chi connectivity index (χ1n) is 10.5. The van der Waals surface area contributed by atoms with E-state index in [2.05, 4.69) is 5.10 Å². The van der Waals surface area contributed by atoms with Crippen LogP contribution in [0.5, 0.6) is 5.75 Å². The second-order valence-electron chi connectivity index (χ2n) is 8.07. The second kappa shape index (κ2) is 8.46. The van der Waals surface area contributed by atoms with E-state index in [1.165, 1.54) is 21.1 Å². The Morgan fingerprint density at radius 1 is 1.10 bits per heavy atom. The van der Waals surface area contributed by atoms with Gasteiger partial charge in [0, 0.05) is 39.1 Å². The molecule has 0 aliphatic carbocycles. The monoisotopic (exact) mass is 449 g/mol. The van der Waals surface area contributed by atoms with Gasteiger partial charge in [0.2, 0.25) is 15.9 Å². The van der Waals surface area contributed by atoms with Crippen molar-refractivity contribution in [3.8, 4) is 5.75 Å². The number of hydrogen-bond acceptors (Lipinski definition) is 6. The number of phenols is 1. The summed E-state index contributed by atoms with van der Waals surface area (Å²) in [6.45, 7) is 2.91. The van der Waals surface area contributed by atoms with Crippen molar-refractivity contribution in [1.29, 1.82) is 0 Å². The minimum atomic E-state index is -3.86. The van der Waals surface area contributed by atoms with Crippen LogP contribution in [0.1, 0.15) is 30.7 Å². The maximum Gasteiger partial charge on any atom is 0.346 e. The standard InChI is InChI=1S/C20H27N5O5S/c1-15-6-7-16(26)17(13-15)31(29,30)23-11-9-22(10-12-23)19(27)14-25-20(28)24-8-4-2-3-5-18(24)21-25/h6-7,13,26H,2-5,8-12,14H2,1H3. The van der Waals surface area contributed by atoms with Gasteiger partial charge in [0.1, 0.15) is 23.0 Å². The Morgan fingerprint density at radius 3 is 2.58 bits per heavy atom. The van der Waals surface area contributed by atoms with E-state index in [0.29, 0.717) is 6.54 Å². The average Bonchev–Trinajstić information content (AvgIpc) is 2.91. The molecule has 1 amide bonds. The molecule has 0 radical (unpaired) electrons. The molecule has 0 atom stereocenters. The molecule has 1 aromatic carbocycles. The van der Waals surface area contributed by atoms with Crippen LogP contribution in [0.4, 0.5) is 0 Å². The fourth-order valence-corrected chi connectivity index (χ4v) is 5.69. The highest BCUT2D eigenvalue weighted by Gasteiger charge is 2.32. The van der Waals surface area contributed by atoms with Crippen molar-refractivity contribution in [3.63, 3.8) is 0 Å². The largest absolute Gasteiger partial charge is 0.507 e. The number of rotatable bonds is 4. The Kier molecular flexibility index (Phi) is 5.89. The molecule has 1 saturated heterocycles. The van der Waals surface area contributed by atoms with Gasteiger partial charge in [-0.2, -0.15) is 9.40 Å². The number of carbonyl (C=O) groups excluding carboxylic acids is 1. The molecule has 1 N–H and O–H groups in total. The van der Waals surface area contributed by atoms with Crippen LogP contribution in [0, 0.1) is 6.92 Å². The molecular weight excluding hydrogens is 422 g/mol.